The van der Waals surface area contributed by atoms with E-state index in [0.29, 0.717) is 18.1 Å². The average molecular weight is 255 g/mol. The monoisotopic (exact) mass is 255 g/mol. The molecule has 0 saturated heterocycles. The molecular weight excluding hydrogens is 242 g/mol. The number of rotatable bonds is 3. The van der Waals surface area contributed by atoms with Crippen molar-refractivity contribution in [3.8, 4) is 0 Å². The van der Waals surface area contributed by atoms with Crippen molar-refractivity contribution in [1.82, 2.24) is 24.6 Å². The van der Waals surface area contributed by atoms with E-state index in [1.54, 1.807) is 16.8 Å². The molecule has 0 aliphatic carbocycles. The molecule has 96 valence electrons. The first-order chi connectivity index (χ1) is 9.22. The largest absolute Gasteiger partial charge is 0.384 e. The number of pyridine rings is 1. The van der Waals surface area contributed by atoms with Crippen molar-refractivity contribution in [1.29, 1.82) is 0 Å². The lowest BCUT2D eigenvalue weighted by Crippen LogP contribution is -2.07. The Morgan fingerprint density at radius 1 is 1.32 bits per heavy atom. The van der Waals surface area contributed by atoms with E-state index in [-0.39, 0.29) is 0 Å². The zero-order valence-corrected chi connectivity index (χ0v) is 10.4. The highest BCUT2D eigenvalue weighted by Gasteiger charge is 2.05. The van der Waals surface area contributed by atoms with E-state index in [2.05, 4.69) is 25.4 Å². The number of nitrogens with zero attached hydrogens (tertiary/aromatic N) is 5. The summed E-state index contributed by atoms with van der Waals surface area (Å²) in [5, 5.41) is 7.42. The van der Waals surface area contributed by atoms with Gasteiger partial charge in [0, 0.05) is 24.5 Å². The highest BCUT2D eigenvalue weighted by molar-refractivity contribution is 5.45. The van der Waals surface area contributed by atoms with Crippen LogP contribution < -0.4 is 11.1 Å². The lowest BCUT2D eigenvalue weighted by atomic mass is 10.3. The van der Waals surface area contributed by atoms with Crippen LogP contribution in [0.2, 0.25) is 0 Å². The van der Waals surface area contributed by atoms with Gasteiger partial charge < -0.3 is 11.1 Å². The number of nitrogen functional groups attached to an aromatic ring is 1. The van der Waals surface area contributed by atoms with Crippen molar-refractivity contribution < 1.29 is 0 Å². The molecule has 0 fully saturated rings. The number of aryl methyl sites for hydroxylation is 1. The summed E-state index contributed by atoms with van der Waals surface area (Å²) in [6, 6.07) is 5.63. The third-order valence-electron chi connectivity index (χ3n) is 2.70. The van der Waals surface area contributed by atoms with Crippen LogP contribution in [0.3, 0.4) is 0 Å². The predicted molar refractivity (Wildman–Crippen MR) is 71.5 cm³/mol. The molecule has 0 spiro atoms. The first kappa shape index (κ1) is 11.4. The van der Waals surface area contributed by atoms with Gasteiger partial charge in [-0.3, -0.25) is 0 Å². The third-order valence-corrected chi connectivity index (χ3v) is 2.70. The van der Waals surface area contributed by atoms with Crippen LogP contribution >= 0.6 is 0 Å². The molecular formula is C12H13N7. The molecule has 0 atom stereocenters. The minimum atomic E-state index is 0.516. The molecule has 0 saturated carbocycles. The van der Waals surface area contributed by atoms with E-state index in [1.807, 2.05) is 19.1 Å². The lowest BCUT2D eigenvalue weighted by molar-refractivity contribution is 0.915. The molecule has 0 aliphatic heterocycles. The SMILES string of the molecule is Cc1cc(NCc2ccc(N)nc2)n2ncnc2n1. The molecule has 0 amide bonds. The average Bonchev–Trinajstić information content (AvgIpc) is 2.85. The first-order valence-corrected chi connectivity index (χ1v) is 5.84. The Hall–Kier alpha value is -2.70. The van der Waals surface area contributed by atoms with Gasteiger partial charge in [0.2, 0.25) is 0 Å². The van der Waals surface area contributed by atoms with Gasteiger partial charge in [0.15, 0.2) is 0 Å². The fraction of sp³-hybridized carbons (Fsp3) is 0.167. The highest BCUT2D eigenvalue weighted by atomic mass is 15.3. The number of fused-ring (bicyclic) bond motifs is 1. The van der Waals surface area contributed by atoms with E-state index >= 15 is 0 Å². The Labute approximate surface area is 109 Å². The Bertz CT molecular complexity index is 702. The Kier molecular flexibility index (Phi) is 2.71. The number of nitrogens with two attached hydrogens (primary N) is 1. The third kappa shape index (κ3) is 2.30. The van der Waals surface area contributed by atoms with Crippen LogP contribution in [0.1, 0.15) is 11.3 Å². The summed E-state index contributed by atoms with van der Waals surface area (Å²) in [7, 11) is 0. The molecule has 19 heavy (non-hydrogen) atoms. The Balaban J connectivity index is 1.85. The van der Waals surface area contributed by atoms with E-state index in [0.717, 1.165) is 17.1 Å². The molecule has 0 aromatic carbocycles. The van der Waals surface area contributed by atoms with Crippen LogP contribution in [0.15, 0.2) is 30.7 Å². The first-order valence-electron chi connectivity index (χ1n) is 5.84. The van der Waals surface area contributed by atoms with Gasteiger partial charge in [-0.15, -0.1) is 0 Å². The van der Waals surface area contributed by atoms with Gasteiger partial charge in [-0.1, -0.05) is 6.07 Å². The molecule has 0 radical (unpaired) electrons. The number of aromatic nitrogens is 5. The standard InChI is InChI=1S/C12H13N7/c1-8-4-11(19-12(18-8)16-7-17-19)15-6-9-2-3-10(13)14-5-9/h2-5,7,15H,6H2,1H3,(H2,13,14). The molecule has 3 aromatic heterocycles. The van der Waals surface area contributed by atoms with Crippen LogP contribution in [0.5, 0.6) is 0 Å². The van der Waals surface area contributed by atoms with Gasteiger partial charge in [0.1, 0.15) is 18.0 Å². The summed E-state index contributed by atoms with van der Waals surface area (Å²) in [6.07, 6.45) is 3.23. The number of nitrogens with one attached hydrogen (secondary N) is 1. The molecule has 3 N–H and O–H groups in total. The molecule has 0 bridgehead atoms. The molecule has 3 aromatic rings. The predicted octanol–water partition coefficient (Wildman–Crippen LogP) is 1.02. The maximum absolute atomic E-state index is 5.55. The van der Waals surface area contributed by atoms with Crippen LogP contribution in [0.4, 0.5) is 11.6 Å². The molecule has 0 aliphatic rings. The van der Waals surface area contributed by atoms with E-state index in [9.17, 15) is 0 Å². The van der Waals surface area contributed by atoms with Crippen molar-refractivity contribution >= 4 is 17.4 Å². The summed E-state index contributed by atoms with van der Waals surface area (Å²) < 4.78 is 1.66. The quantitative estimate of drug-likeness (QED) is 0.725. The Morgan fingerprint density at radius 2 is 2.21 bits per heavy atom. The minimum absolute atomic E-state index is 0.516. The highest BCUT2D eigenvalue weighted by Crippen LogP contribution is 2.11. The van der Waals surface area contributed by atoms with Gasteiger partial charge in [0.25, 0.3) is 5.78 Å². The summed E-state index contributed by atoms with van der Waals surface area (Å²) in [5.41, 5.74) is 7.48. The normalized spacial score (nSPS) is 10.8. The van der Waals surface area contributed by atoms with Crippen molar-refractivity contribution in [3.63, 3.8) is 0 Å². The fourth-order valence-electron chi connectivity index (χ4n) is 1.79. The van der Waals surface area contributed by atoms with Crippen LogP contribution in [-0.2, 0) is 6.54 Å². The van der Waals surface area contributed by atoms with Crippen LogP contribution in [0.25, 0.3) is 5.78 Å². The van der Waals surface area contributed by atoms with Gasteiger partial charge in [-0.05, 0) is 18.6 Å². The zero-order chi connectivity index (χ0) is 13.2. The van der Waals surface area contributed by atoms with Crippen molar-refractivity contribution in [3.05, 3.63) is 42.0 Å². The number of anilines is 2. The van der Waals surface area contributed by atoms with Gasteiger partial charge >= 0.3 is 0 Å². The van der Waals surface area contributed by atoms with Crippen molar-refractivity contribution in [2.24, 2.45) is 0 Å². The van der Waals surface area contributed by atoms with Crippen LogP contribution in [0, 0.1) is 6.92 Å². The second-order valence-corrected chi connectivity index (χ2v) is 4.20. The summed E-state index contributed by atoms with van der Waals surface area (Å²) in [6.45, 7) is 2.55. The zero-order valence-electron chi connectivity index (χ0n) is 10.4. The second-order valence-electron chi connectivity index (χ2n) is 4.20. The molecule has 3 rings (SSSR count). The minimum Gasteiger partial charge on any atom is -0.384 e. The topological polar surface area (TPSA) is 94.0 Å². The summed E-state index contributed by atoms with van der Waals surface area (Å²) >= 11 is 0. The van der Waals surface area contributed by atoms with Gasteiger partial charge in [0.05, 0.1) is 0 Å². The van der Waals surface area contributed by atoms with Crippen molar-refractivity contribution in [2.45, 2.75) is 13.5 Å². The molecule has 7 nitrogen and oxygen atoms in total. The van der Waals surface area contributed by atoms with Crippen molar-refractivity contribution in [2.75, 3.05) is 11.1 Å². The Morgan fingerprint density at radius 3 is 3.00 bits per heavy atom. The smallest absolute Gasteiger partial charge is 0.254 e. The molecule has 0 unspecified atom stereocenters. The number of hydrogen-bond acceptors (Lipinski definition) is 6. The number of hydrogen-bond donors (Lipinski definition) is 2. The maximum Gasteiger partial charge on any atom is 0.254 e. The second kappa shape index (κ2) is 4.52. The maximum atomic E-state index is 5.55. The molecule has 7 heteroatoms. The molecule has 3 heterocycles. The van der Waals surface area contributed by atoms with Crippen LogP contribution in [-0.4, -0.2) is 24.6 Å². The van der Waals surface area contributed by atoms with Gasteiger partial charge in [-0.25, -0.2) is 9.97 Å². The summed E-state index contributed by atoms with van der Waals surface area (Å²) in [4.78, 5) is 12.4. The lowest BCUT2D eigenvalue weighted by Gasteiger charge is -2.08. The summed E-state index contributed by atoms with van der Waals surface area (Å²) in [5.74, 6) is 1.94. The van der Waals surface area contributed by atoms with Gasteiger partial charge in [-0.2, -0.15) is 14.6 Å². The van der Waals surface area contributed by atoms with E-state index in [4.69, 9.17) is 5.73 Å². The fourth-order valence-corrected chi connectivity index (χ4v) is 1.79. The van der Waals surface area contributed by atoms with E-state index < -0.39 is 0 Å². The van der Waals surface area contributed by atoms with E-state index in [1.165, 1.54) is 6.33 Å².